The molecule has 4 rings (SSSR count). The van der Waals surface area contributed by atoms with Crippen LogP contribution in [-0.4, -0.2) is 86.1 Å². The van der Waals surface area contributed by atoms with Crippen LogP contribution in [0.1, 0.15) is 43.5 Å². The van der Waals surface area contributed by atoms with Gasteiger partial charge in [0.15, 0.2) is 11.5 Å². The van der Waals surface area contributed by atoms with Gasteiger partial charge in [0.2, 0.25) is 5.95 Å². The third kappa shape index (κ3) is 6.25. The van der Waals surface area contributed by atoms with E-state index in [1.807, 2.05) is 23.1 Å². The van der Waals surface area contributed by atoms with Gasteiger partial charge in [-0.1, -0.05) is 13.8 Å². The second kappa shape index (κ2) is 11.9. The van der Waals surface area contributed by atoms with Crippen molar-refractivity contribution in [1.82, 2.24) is 14.9 Å². The second-order valence-corrected chi connectivity index (χ2v) is 10.00. The first-order valence-electron chi connectivity index (χ1n) is 12.7. The molecule has 9 heteroatoms. The summed E-state index contributed by atoms with van der Waals surface area (Å²) in [5.41, 5.74) is 0.226. The van der Waals surface area contributed by atoms with Gasteiger partial charge in [-0.25, -0.2) is 9.97 Å². The molecule has 0 bridgehead atoms. The number of likely N-dealkylation sites (tertiary alicyclic amines) is 1. The Kier molecular flexibility index (Phi) is 8.64. The summed E-state index contributed by atoms with van der Waals surface area (Å²) in [6.45, 7) is 8.02. The molecule has 2 saturated heterocycles. The fraction of sp³-hybridized carbons (Fsp3) is 0.593. The fourth-order valence-electron chi connectivity index (χ4n) is 4.87. The number of carbonyl (C=O) groups is 1. The van der Waals surface area contributed by atoms with Gasteiger partial charge in [0.25, 0.3) is 5.91 Å². The Hall–Kier alpha value is -2.91. The smallest absolute Gasteiger partial charge is 0.253 e. The van der Waals surface area contributed by atoms with Crippen molar-refractivity contribution < 1.29 is 23.7 Å². The molecule has 0 N–H and O–H groups in total. The maximum atomic E-state index is 13.3. The summed E-state index contributed by atoms with van der Waals surface area (Å²) in [6.07, 6.45) is 5.85. The summed E-state index contributed by atoms with van der Waals surface area (Å²) < 4.78 is 23.3. The summed E-state index contributed by atoms with van der Waals surface area (Å²) >= 11 is 0. The van der Waals surface area contributed by atoms with Crippen LogP contribution in [0.25, 0.3) is 0 Å². The monoisotopic (exact) mass is 498 g/mol. The molecule has 36 heavy (non-hydrogen) atoms. The molecule has 0 radical (unpaired) electrons. The van der Waals surface area contributed by atoms with Crippen LogP contribution in [0.2, 0.25) is 0 Å². The zero-order chi connectivity index (χ0) is 25.5. The predicted octanol–water partition coefficient (Wildman–Crippen LogP) is 3.44. The summed E-state index contributed by atoms with van der Waals surface area (Å²) in [6, 6.07) is 7.24. The molecule has 2 aliphatic rings. The van der Waals surface area contributed by atoms with E-state index in [4.69, 9.17) is 18.9 Å². The van der Waals surface area contributed by atoms with Crippen molar-refractivity contribution in [2.75, 3.05) is 58.5 Å². The standard InChI is InChI=1S/C27H38N4O5/c1-20(2)8-15-35-23-7-6-21(16-24(23)34-4)25(32)30-13-9-27(10-14-30)19-31(17-22(36-27)18-33-3)26-28-11-5-12-29-26/h5-7,11-12,16,20,22H,8-10,13-15,17-19H2,1-4H3. The topological polar surface area (TPSA) is 86.3 Å². The highest BCUT2D eigenvalue weighted by Gasteiger charge is 2.44. The van der Waals surface area contributed by atoms with E-state index in [9.17, 15) is 4.79 Å². The highest BCUT2D eigenvalue weighted by atomic mass is 16.5. The largest absolute Gasteiger partial charge is 0.493 e. The molecule has 1 aromatic carbocycles. The maximum absolute atomic E-state index is 13.3. The van der Waals surface area contributed by atoms with Crippen molar-refractivity contribution in [2.45, 2.75) is 44.8 Å². The van der Waals surface area contributed by atoms with Crippen molar-refractivity contribution in [2.24, 2.45) is 5.92 Å². The van der Waals surface area contributed by atoms with Gasteiger partial charge in [-0.05, 0) is 49.4 Å². The Bertz CT molecular complexity index is 995. The highest BCUT2D eigenvalue weighted by Crippen LogP contribution is 2.35. The summed E-state index contributed by atoms with van der Waals surface area (Å²) in [5.74, 6) is 2.49. The zero-order valence-corrected chi connectivity index (χ0v) is 21.8. The maximum Gasteiger partial charge on any atom is 0.253 e. The third-order valence-electron chi connectivity index (χ3n) is 6.83. The van der Waals surface area contributed by atoms with Crippen LogP contribution in [0, 0.1) is 5.92 Å². The number of aromatic nitrogens is 2. The molecule has 1 aromatic heterocycles. The van der Waals surface area contributed by atoms with Gasteiger partial charge >= 0.3 is 0 Å². The van der Waals surface area contributed by atoms with Crippen LogP contribution in [-0.2, 0) is 9.47 Å². The van der Waals surface area contributed by atoms with Gasteiger partial charge in [0.05, 0.1) is 38.6 Å². The quantitative estimate of drug-likeness (QED) is 0.520. The summed E-state index contributed by atoms with van der Waals surface area (Å²) in [5, 5.41) is 0. The lowest BCUT2D eigenvalue weighted by Crippen LogP contribution is -2.61. The van der Waals surface area contributed by atoms with Gasteiger partial charge in [-0.2, -0.15) is 0 Å². The minimum atomic E-state index is -0.372. The lowest BCUT2D eigenvalue weighted by molar-refractivity contribution is -0.145. The van der Waals surface area contributed by atoms with E-state index < -0.39 is 0 Å². The Morgan fingerprint density at radius 2 is 1.92 bits per heavy atom. The molecular weight excluding hydrogens is 460 g/mol. The van der Waals surface area contributed by atoms with Gasteiger partial charge < -0.3 is 28.7 Å². The van der Waals surface area contributed by atoms with Crippen LogP contribution < -0.4 is 14.4 Å². The Balaban J connectivity index is 1.41. The molecule has 1 spiro atoms. The highest BCUT2D eigenvalue weighted by molar-refractivity contribution is 5.95. The van der Waals surface area contributed by atoms with Crippen LogP contribution in [0.4, 0.5) is 5.95 Å². The number of nitrogens with zero attached hydrogens (tertiary/aromatic N) is 4. The van der Waals surface area contributed by atoms with E-state index >= 15 is 0 Å². The van der Waals surface area contributed by atoms with Crippen molar-refractivity contribution in [3.8, 4) is 11.5 Å². The number of piperidine rings is 1. The summed E-state index contributed by atoms with van der Waals surface area (Å²) in [7, 11) is 3.28. The van der Waals surface area contributed by atoms with Gasteiger partial charge in [0.1, 0.15) is 0 Å². The van der Waals surface area contributed by atoms with Crippen molar-refractivity contribution in [1.29, 1.82) is 0 Å². The molecule has 0 saturated carbocycles. The third-order valence-corrected chi connectivity index (χ3v) is 6.83. The molecule has 2 aromatic rings. The lowest BCUT2D eigenvalue weighted by atomic mass is 9.88. The number of ether oxygens (including phenoxy) is 4. The Morgan fingerprint density at radius 3 is 2.58 bits per heavy atom. The normalized spacial score (nSPS) is 19.5. The number of methoxy groups -OCH3 is 2. The first-order chi connectivity index (χ1) is 17.4. The van der Waals surface area contributed by atoms with Gasteiger partial charge in [-0.3, -0.25) is 4.79 Å². The molecule has 3 heterocycles. The van der Waals surface area contributed by atoms with Crippen molar-refractivity contribution >= 4 is 11.9 Å². The fourth-order valence-corrected chi connectivity index (χ4v) is 4.87. The minimum Gasteiger partial charge on any atom is -0.493 e. The number of hydrogen-bond donors (Lipinski definition) is 0. The molecule has 1 unspecified atom stereocenters. The van der Waals surface area contributed by atoms with Crippen LogP contribution >= 0.6 is 0 Å². The van der Waals surface area contributed by atoms with E-state index in [1.54, 1.807) is 32.7 Å². The molecule has 2 aliphatic heterocycles. The van der Waals surface area contributed by atoms with Gasteiger partial charge in [-0.15, -0.1) is 0 Å². The first kappa shape index (κ1) is 26.2. The number of hydrogen-bond acceptors (Lipinski definition) is 8. The predicted molar refractivity (Wildman–Crippen MR) is 137 cm³/mol. The van der Waals surface area contributed by atoms with Crippen LogP contribution in [0.5, 0.6) is 11.5 Å². The molecule has 196 valence electrons. The van der Waals surface area contributed by atoms with E-state index in [0.717, 1.165) is 19.3 Å². The van der Waals surface area contributed by atoms with Crippen molar-refractivity contribution in [3.05, 3.63) is 42.2 Å². The molecule has 0 aliphatic carbocycles. The number of carbonyl (C=O) groups excluding carboxylic acids is 1. The number of rotatable bonds is 9. The van der Waals surface area contributed by atoms with E-state index in [-0.39, 0.29) is 17.6 Å². The van der Waals surface area contributed by atoms with E-state index in [0.29, 0.717) is 68.3 Å². The number of anilines is 1. The van der Waals surface area contributed by atoms with Gasteiger partial charge in [0, 0.05) is 44.7 Å². The summed E-state index contributed by atoms with van der Waals surface area (Å²) in [4.78, 5) is 26.3. The number of morpholine rings is 1. The van der Waals surface area contributed by atoms with E-state index in [1.165, 1.54) is 0 Å². The second-order valence-electron chi connectivity index (χ2n) is 10.00. The average molecular weight is 499 g/mol. The Labute approximate surface area is 213 Å². The first-order valence-corrected chi connectivity index (χ1v) is 12.7. The van der Waals surface area contributed by atoms with E-state index in [2.05, 4.69) is 28.7 Å². The molecule has 2 fully saturated rings. The molecule has 9 nitrogen and oxygen atoms in total. The molecule has 1 amide bonds. The minimum absolute atomic E-state index is 0.00983. The van der Waals surface area contributed by atoms with Crippen LogP contribution in [0.15, 0.2) is 36.7 Å². The van der Waals surface area contributed by atoms with Crippen LogP contribution in [0.3, 0.4) is 0 Å². The zero-order valence-electron chi connectivity index (χ0n) is 21.8. The Morgan fingerprint density at radius 1 is 1.17 bits per heavy atom. The number of benzene rings is 1. The van der Waals surface area contributed by atoms with Crippen molar-refractivity contribution in [3.63, 3.8) is 0 Å². The molecular formula is C27H38N4O5. The lowest BCUT2D eigenvalue weighted by Gasteiger charge is -2.49. The number of amides is 1. The SMILES string of the molecule is COCC1CN(c2ncccn2)CC2(CCN(C(=O)c3ccc(OCCC(C)C)c(OC)c3)CC2)O1. The molecule has 1 atom stereocenters. The average Bonchev–Trinajstić information content (AvgIpc) is 2.89.